The first-order valence-corrected chi connectivity index (χ1v) is 7.46. The first kappa shape index (κ1) is 18.7. The molecule has 20 heavy (non-hydrogen) atoms. The second-order valence-electron chi connectivity index (χ2n) is 4.99. The number of nitrogens with zero attached hydrogens (tertiary/aromatic N) is 1. The van der Waals surface area contributed by atoms with Gasteiger partial charge < -0.3 is 20.6 Å². The quantitative estimate of drug-likeness (QED) is 0.571. The molecular formula is C14H29N3O3. The Kier molecular flexibility index (Phi) is 9.80. The first-order valence-electron chi connectivity index (χ1n) is 7.46. The van der Waals surface area contributed by atoms with Crippen molar-refractivity contribution < 1.29 is 14.7 Å². The molecule has 0 rings (SSSR count). The average molecular weight is 287 g/mol. The van der Waals surface area contributed by atoms with Gasteiger partial charge in [0.2, 0.25) is 0 Å². The van der Waals surface area contributed by atoms with Crippen LogP contribution >= 0.6 is 0 Å². The van der Waals surface area contributed by atoms with Crippen LogP contribution in [0, 0.1) is 0 Å². The van der Waals surface area contributed by atoms with Gasteiger partial charge in [0.05, 0.1) is 0 Å². The summed E-state index contributed by atoms with van der Waals surface area (Å²) in [6.07, 6.45) is 2.27. The molecule has 1 unspecified atom stereocenters. The van der Waals surface area contributed by atoms with Gasteiger partial charge in [-0.2, -0.15) is 0 Å². The van der Waals surface area contributed by atoms with Gasteiger partial charge in [0.15, 0.2) is 0 Å². The van der Waals surface area contributed by atoms with E-state index in [1.807, 2.05) is 6.92 Å². The first-order chi connectivity index (χ1) is 9.44. The number of rotatable bonds is 10. The summed E-state index contributed by atoms with van der Waals surface area (Å²) < 4.78 is 0. The Morgan fingerprint density at radius 1 is 1.15 bits per heavy atom. The van der Waals surface area contributed by atoms with Gasteiger partial charge in [0, 0.05) is 6.04 Å². The van der Waals surface area contributed by atoms with Crippen LogP contribution in [0.25, 0.3) is 0 Å². The van der Waals surface area contributed by atoms with Gasteiger partial charge in [-0.1, -0.05) is 20.8 Å². The normalized spacial score (nSPS) is 13.8. The van der Waals surface area contributed by atoms with Crippen molar-refractivity contribution in [3.05, 3.63) is 0 Å². The van der Waals surface area contributed by atoms with Gasteiger partial charge in [0.25, 0.3) is 0 Å². The minimum Gasteiger partial charge on any atom is -0.480 e. The molecule has 3 N–H and O–H groups in total. The second-order valence-corrected chi connectivity index (χ2v) is 4.99. The Bertz CT molecular complexity index is 293. The number of carboxylic acids is 1. The summed E-state index contributed by atoms with van der Waals surface area (Å²) in [5, 5.41) is 14.1. The van der Waals surface area contributed by atoms with E-state index in [4.69, 9.17) is 5.11 Å². The summed E-state index contributed by atoms with van der Waals surface area (Å²) in [6, 6.07) is -1.19. The lowest BCUT2D eigenvalue weighted by Gasteiger charge is -2.20. The summed E-state index contributed by atoms with van der Waals surface area (Å²) in [7, 11) is 0. The van der Waals surface area contributed by atoms with E-state index in [1.165, 1.54) is 0 Å². The molecule has 0 saturated heterocycles. The number of urea groups is 1. The van der Waals surface area contributed by atoms with Crippen molar-refractivity contribution in [2.24, 2.45) is 0 Å². The molecule has 6 heteroatoms. The molecule has 0 aromatic rings. The van der Waals surface area contributed by atoms with E-state index in [1.54, 1.807) is 6.92 Å². The molecule has 0 fully saturated rings. The summed E-state index contributed by atoms with van der Waals surface area (Å²) in [5.41, 5.74) is 0. The highest BCUT2D eigenvalue weighted by atomic mass is 16.4. The Labute approximate surface area is 121 Å². The molecule has 0 radical (unpaired) electrons. The fourth-order valence-corrected chi connectivity index (χ4v) is 2.00. The molecule has 0 bridgehead atoms. The minimum absolute atomic E-state index is 0.0388. The fraction of sp³-hybridized carbons (Fsp3) is 0.857. The Hall–Kier alpha value is -1.30. The van der Waals surface area contributed by atoms with Gasteiger partial charge in [-0.05, 0) is 45.8 Å². The van der Waals surface area contributed by atoms with E-state index in [2.05, 4.69) is 29.4 Å². The lowest BCUT2D eigenvalue weighted by Crippen LogP contribution is -2.48. The molecule has 0 aromatic carbocycles. The lowest BCUT2D eigenvalue weighted by atomic mass is 10.1. The van der Waals surface area contributed by atoms with Crippen molar-refractivity contribution in [1.82, 2.24) is 15.5 Å². The van der Waals surface area contributed by atoms with Crippen molar-refractivity contribution in [1.29, 1.82) is 0 Å². The standard InChI is InChI=1S/C14H29N3O3/c1-5-12(13(18)19)16-14(20)15-11(4)9-8-10-17(6-2)7-3/h11-12H,5-10H2,1-4H3,(H,18,19)(H2,15,16,20)/t11?,12-/m1/s1. The highest BCUT2D eigenvalue weighted by Crippen LogP contribution is 2.00. The smallest absolute Gasteiger partial charge is 0.326 e. The van der Waals surface area contributed by atoms with Crippen LogP contribution < -0.4 is 10.6 Å². The molecular weight excluding hydrogens is 258 g/mol. The van der Waals surface area contributed by atoms with E-state index < -0.39 is 18.0 Å². The van der Waals surface area contributed by atoms with Crippen LogP contribution in [0.1, 0.15) is 47.0 Å². The number of aliphatic carboxylic acids is 1. The van der Waals surface area contributed by atoms with Gasteiger partial charge in [-0.15, -0.1) is 0 Å². The third-order valence-electron chi connectivity index (χ3n) is 3.40. The monoisotopic (exact) mass is 287 g/mol. The summed E-state index contributed by atoms with van der Waals surface area (Å²) in [6.45, 7) is 11.0. The van der Waals surface area contributed by atoms with Crippen LogP contribution in [0.15, 0.2) is 0 Å². The van der Waals surface area contributed by atoms with Crippen LogP contribution in [0.3, 0.4) is 0 Å². The predicted octanol–water partition coefficient (Wildman–Crippen LogP) is 1.66. The maximum Gasteiger partial charge on any atom is 0.326 e. The molecule has 6 nitrogen and oxygen atoms in total. The van der Waals surface area contributed by atoms with Gasteiger partial charge in [0.1, 0.15) is 6.04 Å². The lowest BCUT2D eigenvalue weighted by molar-refractivity contribution is -0.139. The van der Waals surface area contributed by atoms with Crippen molar-refractivity contribution >= 4 is 12.0 Å². The third-order valence-corrected chi connectivity index (χ3v) is 3.40. The number of carboxylic acid groups (broad SMARTS) is 1. The number of amides is 2. The van der Waals surface area contributed by atoms with Crippen LogP contribution in [-0.4, -0.2) is 53.7 Å². The molecule has 0 saturated carbocycles. The second kappa shape index (κ2) is 10.5. The molecule has 0 heterocycles. The van der Waals surface area contributed by atoms with Crippen molar-refractivity contribution in [3.8, 4) is 0 Å². The zero-order chi connectivity index (χ0) is 15.5. The Morgan fingerprint density at radius 3 is 2.20 bits per heavy atom. The fourth-order valence-electron chi connectivity index (χ4n) is 2.00. The van der Waals surface area contributed by atoms with Crippen molar-refractivity contribution in [3.63, 3.8) is 0 Å². The largest absolute Gasteiger partial charge is 0.480 e. The predicted molar refractivity (Wildman–Crippen MR) is 79.9 cm³/mol. The van der Waals surface area contributed by atoms with E-state index in [9.17, 15) is 9.59 Å². The van der Waals surface area contributed by atoms with Crippen LogP contribution in [0.5, 0.6) is 0 Å². The molecule has 2 atom stereocenters. The summed E-state index contributed by atoms with van der Waals surface area (Å²) in [4.78, 5) is 24.8. The molecule has 0 spiro atoms. The average Bonchev–Trinajstić information content (AvgIpc) is 2.40. The van der Waals surface area contributed by atoms with Gasteiger partial charge in [-0.25, -0.2) is 9.59 Å². The van der Waals surface area contributed by atoms with Crippen LogP contribution in [0.4, 0.5) is 4.79 Å². The van der Waals surface area contributed by atoms with Gasteiger partial charge >= 0.3 is 12.0 Å². The van der Waals surface area contributed by atoms with E-state index in [-0.39, 0.29) is 6.04 Å². The van der Waals surface area contributed by atoms with Crippen molar-refractivity contribution in [2.75, 3.05) is 19.6 Å². The molecule has 118 valence electrons. The molecule has 2 amide bonds. The van der Waals surface area contributed by atoms with Crippen LogP contribution in [0.2, 0.25) is 0 Å². The zero-order valence-electron chi connectivity index (χ0n) is 13.1. The number of hydrogen-bond acceptors (Lipinski definition) is 3. The van der Waals surface area contributed by atoms with Gasteiger partial charge in [-0.3, -0.25) is 0 Å². The van der Waals surface area contributed by atoms with Crippen LogP contribution in [-0.2, 0) is 4.79 Å². The van der Waals surface area contributed by atoms with E-state index >= 15 is 0 Å². The van der Waals surface area contributed by atoms with E-state index in [0.29, 0.717) is 6.42 Å². The minimum atomic E-state index is -1.00. The summed E-state index contributed by atoms with van der Waals surface area (Å²) >= 11 is 0. The van der Waals surface area contributed by atoms with Crippen molar-refractivity contribution in [2.45, 2.75) is 59.0 Å². The topological polar surface area (TPSA) is 81.7 Å². The molecule has 0 aliphatic heterocycles. The molecule has 0 aliphatic carbocycles. The van der Waals surface area contributed by atoms with E-state index in [0.717, 1.165) is 32.5 Å². The third kappa shape index (κ3) is 7.99. The summed E-state index contributed by atoms with van der Waals surface area (Å²) in [5.74, 6) is -1.00. The maximum atomic E-state index is 11.6. The molecule has 0 aliphatic rings. The highest BCUT2D eigenvalue weighted by Gasteiger charge is 2.18. The Morgan fingerprint density at radius 2 is 1.75 bits per heavy atom. The number of nitrogens with one attached hydrogen (secondary N) is 2. The number of carbonyl (C=O) groups is 2. The number of hydrogen-bond donors (Lipinski definition) is 3. The highest BCUT2D eigenvalue weighted by molar-refractivity contribution is 5.82. The zero-order valence-corrected chi connectivity index (χ0v) is 13.1. The Balaban J connectivity index is 3.93. The molecule has 0 aromatic heterocycles. The number of carbonyl (C=O) groups excluding carboxylic acids is 1. The SMILES string of the molecule is CC[C@@H](NC(=O)NC(C)CCCN(CC)CC)C(=O)O. The maximum absolute atomic E-state index is 11.6.